The van der Waals surface area contributed by atoms with Gasteiger partial charge in [0.15, 0.2) is 11.6 Å². The molecular weight excluding hydrogens is 353 g/mol. The van der Waals surface area contributed by atoms with E-state index in [1.54, 1.807) is 24.5 Å². The van der Waals surface area contributed by atoms with Crippen LogP contribution in [0, 0.1) is 19.7 Å². The lowest BCUT2D eigenvalue weighted by Crippen LogP contribution is -2.11. The number of para-hydroxylation sites is 1. The first-order valence-corrected chi connectivity index (χ1v) is 8.99. The molecule has 0 heterocycles. The molecule has 28 heavy (non-hydrogen) atoms. The van der Waals surface area contributed by atoms with Gasteiger partial charge in [-0.2, -0.15) is 0 Å². The SMILES string of the molecule is CC(=C\Oc1ccc(C)cc1)/C(=N/c1ccc(C)cc1)Oc1ccccc1F. The average Bonchev–Trinajstić information content (AvgIpc) is 2.70. The van der Waals surface area contributed by atoms with Gasteiger partial charge in [-0.25, -0.2) is 9.38 Å². The second-order valence-electron chi connectivity index (χ2n) is 6.52. The van der Waals surface area contributed by atoms with Crippen LogP contribution in [0.5, 0.6) is 11.5 Å². The van der Waals surface area contributed by atoms with E-state index in [2.05, 4.69) is 4.99 Å². The lowest BCUT2D eigenvalue weighted by Gasteiger charge is -2.11. The number of aliphatic imine (C=N–C) groups is 1. The van der Waals surface area contributed by atoms with Crippen LogP contribution in [-0.2, 0) is 0 Å². The molecular formula is C24H22FNO2. The molecule has 0 aromatic heterocycles. The molecule has 0 aliphatic rings. The van der Waals surface area contributed by atoms with Gasteiger partial charge in [0.2, 0.25) is 5.90 Å². The molecule has 0 amide bonds. The number of hydrogen-bond acceptors (Lipinski definition) is 3. The molecule has 3 rings (SSSR count). The van der Waals surface area contributed by atoms with Gasteiger partial charge in [0.1, 0.15) is 5.75 Å². The number of aryl methyl sites for hydroxylation is 2. The molecule has 4 heteroatoms. The molecule has 0 aliphatic carbocycles. The zero-order valence-corrected chi connectivity index (χ0v) is 16.1. The summed E-state index contributed by atoms with van der Waals surface area (Å²) in [5.74, 6) is 0.620. The van der Waals surface area contributed by atoms with Gasteiger partial charge in [-0.1, -0.05) is 47.5 Å². The summed E-state index contributed by atoms with van der Waals surface area (Å²) in [7, 11) is 0. The first-order valence-electron chi connectivity index (χ1n) is 8.99. The smallest absolute Gasteiger partial charge is 0.225 e. The molecule has 0 fully saturated rings. The molecule has 3 nitrogen and oxygen atoms in total. The van der Waals surface area contributed by atoms with Crippen LogP contribution >= 0.6 is 0 Å². The summed E-state index contributed by atoms with van der Waals surface area (Å²) in [6.45, 7) is 5.83. The first kappa shape index (κ1) is 19.4. The van der Waals surface area contributed by atoms with Crippen LogP contribution < -0.4 is 9.47 Å². The maximum atomic E-state index is 14.1. The van der Waals surface area contributed by atoms with Crippen molar-refractivity contribution in [1.82, 2.24) is 0 Å². The fraction of sp³-hybridized carbons (Fsp3) is 0.125. The van der Waals surface area contributed by atoms with Crippen molar-refractivity contribution in [3.8, 4) is 11.5 Å². The van der Waals surface area contributed by atoms with Gasteiger partial charge in [-0.15, -0.1) is 0 Å². The minimum atomic E-state index is -0.452. The Morgan fingerprint density at radius 1 is 0.857 bits per heavy atom. The lowest BCUT2D eigenvalue weighted by atomic mass is 10.2. The van der Waals surface area contributed by atoms with Crippen molar-refractivity contribution in [2.75, 3.05) is 0 Å². The molecule has 0 N–H and O–H groups in total. The molecule has 0 bridgehead atoms. The normalized spacial score (nSPS) is 12.0. The van der Waals surface area contributed by atoms with E-state index in [4.69, 9.17) is 9.47 Å². The van der Waals surface area contributed by atoms with E-state index in [0.717, 1.165) is 11.1 Å². The molecule has 0 unspecified atom stereocenters. The van der Waals surface area contributed by atoms with Crippen molar-refractivity contribution in [3.63, 3.8) is 0 Å². The predicted molar refractivity (Wildman–Crippen MR) is 111 cm³/mol. The van der Waals surface area contributed by atoms with E-state index in [0.29, 0.717) is 17.0 Å². The van der Waals surface area contributed by atoms with Gasteiger partial charge in [0.05, 0.1) is 11.9 Å². The van der Waals surface area contributed by atoms with E-state index < -0.39 is 5.82 Å². The van der Waals surface area contributed by atoms with Gasteiger partial charge in [0, 0.05) is 5.57 Å². The highest BCUT2D eigenvalue weighted by molar-refractivity contribution is 5.96. The van der Waals surface area contributed by atoms with Gasteiger partial charge in [-0.05, 0) is 57.2 Å². The maximum absolute atomic E-state index is 14.1. The topological polar surface area (TPSA) is 30.8 Å². The summed E-state index contributed by atoms with van der Waals surface area (Å²) in [5.41, 5.74) is 3.62. The third-order valence-electron chi connectivity index (χ3n) is 4.04. The van der Waals surface area contributed by atoms with Crippen LogP contribution in [0.25, 0.3) is 0 Å². The summed E-state index contributed by atoms with van der Waals surface area (Å²) in [5, 5.41) is 0. The van der Waals surface area contributed by atoms with Crippen LogP contribution in [-0.4, -0.2) is 5.90 Å². The van der Waals surface area contributed by atoms with Crippen LogP contribution in [0.2, 0.25) is 0 Å². The largest absolute Gasteiger partial charge is 0.465 e. The molecule has 0 saturated carbocycles. The Morgan fingerprint density at radius 2 is 1.46 bits per heavy atom. The number of ether oxygens (including phenoxy) is 2. The number of hydrogen-bond donors (Lipinski definition) is 0. The van der Waals surface area contributed by atoms with Gasteiger partial charge < -0.3 is 9.47 Å². The molecule has 142 valence electrons. The van der Waals surface area contributed by atoms with Gasteiger partial charge in [0.25, 0.3) is 0 Å². The number of benzene rings is 3. The van der Waals surface area contributed by atoms with Crippen LogP contribution in [0.4, 0.5) is 10.1 Å². The zero-order valence-electron chi connectivity index (χ0n) is 16.1. The molecule has 0 radical (unpaired) electrons. The Bertz CT molecular complexity index is 990. The van der Waals surface area contributed by atoms with Gasteiger partial charge in [-0.3, -0.25) is 0 Å². The second-order valence-corrected chi connectivity index (χ2v) is 6.52. The van der Waals surface area contributed by atoms with E-state index >= 15 is 0 Å². The quantitative estimate of drug-likeness (QED) is 0.288. The monoisotopic (exact) mass is 375 g/mol. The fourth-order valence-electron chi connectivity index (χ4n) is 2.38. The fourth-order valence-corrected chi connectivity index (χ4v) is 2.38. The minimum absolute atomic E-state index is 0.108. The number of nitrogens with zero attached hydrogens (tertiary/aromatic N) is 1. The zero-order chi connectivity index (χ0) is 19.9. The van der Waals surface area contributed by atoms with Crippen molar-refractivity contribution in [3.05, 3.63) is 102 Å². The number of rotatable bonds is 5. The van der Waals surface area contributed by atoms with Crippen LogP contribution in [0.15, 0.2) is 89.6 Å². The third kappa shape index (κ3) is 5.30. The average molecular weight is 375 g/mol. The highest BCUT2D eigenvalue weighted by atomic mass is 19.1. The second kappa shape index (κ2) is 9.00. The maximum Gasteiger partial charge on any atom is 0.225 e. The van der Waals surface area contributed by atoms with Crippen LogP contribution in [0.1, 0.15) is 18.1 Å². The van der Waals surface area contributed by atoms with Crippen molar-refractivity contribution >= 4 is 11.6 Å². The van der Waals surface area contributed by atoms with Crippen LogP contribution in [0.3, 0.4) is 0 Å². The summed E-state index contributed by atoms with van der Waals surface area (Å²) >= 11 is 0. The Morgan fingerprint density at radius 3 is 2.11 bits per heavy atom. The first-order chi connectivity index (χ1) is 13.5. The minimum Gasteiger partial charge on any atom is -0.465 e. The Labute approximate surface area is 164 Å². The Kier molecular flexibility index (Phi) is 6.22. The molecule has 3 aromatic carbocycles. The van der Waals surface area contributed by atoms with E-state index in [-0.39, 0.29) is 11.6 Å². The summed E-state index contributed by atoms with van der Waals surface area (Å²) in [4.78, 5) is 4.54. The standard InChI is InChI=1S/C24H22FNO2/c1-17-8-12-20(13-9-17)26-24(28-23-7-5-4-6-22(23)25)19(3)16-27-21-14-10-18(2)11-15-21/h4-16H,1-3H3/b19-16+,26-24-. The molecule has 0 aliphatic heterocycles. The molecule has 3 aromatic rings. The summed E-state index contributed by atoms with van der Waals surface area (Å²) in [6.07, 6.45) is 1.55. The van der Waals surface area contributed by atoms with Crippen molar-refractivity contribution < 1.29 is 13.9 Å². The summed E-state index contributed by atoms with van der Waals surface area (Å²) in [6, 6.07) is 21.6. The van der Waals surface area contributed by atoms with Crippen molar-refractivity contribution in [2.45, 2.75) is 20.8 Å². The highest BCUT2D eigenvalue weighted by Gasteiger charge is 2.11. The molecule has 0 atom stereocenters. The van der Waals surface area contributed by atoms with E-state index in [9.17, 15) is 4.39 Å². The Balaban J connectivity index is 1.90. The third-order valence-corrected chi connectivity index (χ3v) is 4.04. The van der Waals surface area contributed by atoms with Crippen molar-refractivity contribution in [2.24, 2.45) is 4.99 Å². The molecule has 0 saturated heterocycles. The predicted octanol–water partition coefficient (Wildman–Crippen LogP) is 6.53. The van der Waals surface area contributed by atoms with Crippen molar-refractivity contribution in [1.29, 1.82) is 0 Å². The number of halogens is 1. The van der Waals surface area contributed by atoms with E-state index in [1.165, 1.54) is 6.07 Å². The lowest BCUT2D eigenvalue weighted by molar-refractivity contribution is 0.467. The highest BCUT2D eigenvalue weighted by Crippen LogP contribution is 2.21. The summed E-state index contributed by atoms with van der Waals surface area (Å²) < 4.78 is 25.6. The van der Waals surface area contributed by atoms with Gasteiger partial charge >= 0.3 is 0 Å². The molecule has 0 spiro atoms. The van der Waals surface area contributed by atoms with E-state index in [1.807, 2.05) is 69.3 Å². The Hall–Kier alpha value is -3.40.